The molecule has 7 nitrogen and oxygen atoms in total. The number of carbonyl (C=O) groups excluding carboxylic acids is 1. The summed E-state index contributed by atoms with van der Waals surface area (Å²) in [6.07, 6.45) is 2.31. The molecule has 4 aromatic rings. The van der Waals surface area contributed by atoms with Gasteiger partial charge in [-0.3, -0.25) is 14.6 Å². The molecule has 0 aliphatic heterocycles. The second-order valence-electron chi connectivity index (χ2n) is 9.18. The van der Waals surface area contributed by atoms with Gasteiger partial charge in [0.25, 0.3) is 5.91 Å². The van der Waals surface area contributed by atoms with E-state index < -0.39 is 0 Å². The van der Waals surface area contributed by atoms with E-state index in [4.69, 9.17) is 0 Å². The van der Waals surface area contributed by atoms with Crippen LogP contribution in [0.15, 0.2) is 60.7 Å². The van der Waals surface area contributed by atoms with Crippen molar-refractivity contribution in [3.63, 3.8) is 0 Å². The minimum atomic E-state index is -0.231. The zero-order chi connectivity index (χ0) is 22.3. The van der Waals surface area contributed by atoms with Crippen LogP contribution in [-0.4, -0.2) is 30.9 Å². The van der Waals surface area contributed by atoms with Crippen molar-refractivity contribution in [3.8, 4) is 22.8 Å². The molecule has 162 valence electrons. The summed E-state index contributed by atoms with van der Waals surface area (Å²) in [5.41, 5.74) is 3.75. The van der Waals surface area contributed by atoms with Crippen LogP contribution in [0, 0.1) is 0 Å². The molecule has 0 unspecified atom stereocenters. The second-order valence-corrected chi connectivity index (χ2v) is 9.18. The summed E-state index contributed by atoms with van der Waals surface area (Å²) < 4.78 is 1.99. The van der Waals surface area contributed by atoms with Gasteiger partial charge in [0.15, 0.2) is 17.3 Å². The number of amides is 1. The maximum absolute atomic E-state index is 13.1. The third-order valence-corrected chi connectivity index (χ3v) is 5.55. The number of hydrogen-bond donors (Lipinski definition) is 2. The van der Waals surface area contributed by atoms with E-state index in [0.717, 1.165) is 29.7 Å². The van der Waals surface area contributed by atoms with Gasteiger partial charge in [-0.15, -0.1) is 0 Å². The van der Waals surface area contributed by atoms with E-state index in [1.54, 1.807) is 0 Å². The van der Waals surface area contributed by atoms with E-state index in [2.05, 4.69) is 46.4 Å². The Labute approximate surface area is 186 Å². The fourth-order valence-electron chi connectivity index (χ4n) is 3.80. The molecule has 0 radical (unpaired) electrons. The van der Waals surface area contributed by atoms with Gasteiger partial charge in [0.2, 0.25) is 0 Å². The average molecular weight is 427 g/mol. The fourth-order valence-corrected chi connectivity index (χ4v) is 3.80. The van der Waals surface area contributed by atoms with Crippen LogP contribution >= 0.6 is 0 Å². The van der Waals surface area contributed by atoms with Crippen molar-refractivity contribution in [1.29, 1.82) is 0 Å². The third-order valence-electron chi connectivity index (χ3n) is 5.55. The lowest BCUT2D eigenvalue weighted by atomic mass is 10.1. The molecular weight excluding hydrogens is 400 g/mol. The summed E-state index contributed by atoms with van der Waals surface area (Å²) >= 11 is 0. The van der Waals surface area contributed by atoms with Crippen molar-refractivity contribution >= 4 is 11.6 Å². The van der Waals surface area contributed by atoms with Crippen LogP contribution in [0.2, 0.25) is 0 Å². The van der Waals surface area contributed by atoms with Gasteiger partial charge in [0.05, 0.1) is 11.2 Å². The quantitative estimate of drug-likeness (QED) is 0.458. The van der Waals surface area contributed by atoms with Crippen molar-refractivity contribution in [1.82, 2.24) is 25.0 Å². The second kappa shape index (κ2) is 7.75. The molecule has 1 saturated carbocycles. The highest BCUT2D eigenvalue weighted by Crippen LogP contribution is 2.41. The van der Waals surface area contributed by atoms with E-state index in [1.807, 2.05) is 65.3 Å². The molecule has 2 heterocycles. The molecule has 0 saturated heterocycles. The third kappa shape index (κ3) is 3.93. The summed E-state index contributed by atoms with van der Waals surface area (Å²) in [6, 6.07) is 19.3. The average Bonchev–Trinajstić information content (AvgIpc) is 3.33. The van der Waals surface area contributed by atoms with E-state index >= 15 is 0 Å². The molecule has 1 amide bonds. The number of para-hydroxylation sites is 1. The zero-order valence-electron chi connectivity index (χ0n) is 18.5. The first-order valence-electron chi connectivity index (χ1n) is 10.9. The highest BCUT2D eigenvalue weighted by molar-refractivity contribution is 6.04. The molecule has 2 aromatic heterocycles. The molecule has 2 aromatic carbocycles. The first-order chi connectivity index (χ1) is 15.4. The maximum atomic E-state index is 13.1. The van der Waals surface area contributed by atoms with Crippen LogP contribution in [0.4, 0.5) is 5.69 Å². The number of carbonyl (C=O) groups is 1. The number of benzene rings is 2. The van der Waals surface area contributed by atoms with Crippen LogP contribution < -0.4 is 5.32 Å². The number of H-pyrrole nitrogens is 1. The summed E-state index contributed by atoms with van der Waals surface area (Å²) in [6.45, 7) is 6.32. The molecule has 0 bridgehead atoms. The normalized spacial score (nSPS) is 13.8. The highest BCUT2D eigenvalue weighted by atomic mass is 16.2. The largest absolute Gasteiger partial charge is 0.320 e. The van der Waals surface area contributed by atoms with E-state index in [9.17, 15) is 4.79 Å². The van der Waals surface area contributed by atoms with Gasteiger partial charge in [-0.2, -0.15) is 10.2 Å². The number of anilines is 1. The topological polar surface area (TPSA) is 88.5 Å². The summed E-state index contributed by atoms with van der Waals surface area (Å²) in [5.74, 6) is 1.48. The Morgan fingerprint density at radius 3 is 2.50 bits per heavy atom. The molecule has 2 N–H and O–H groups in total. The maximum Gasteiger partial charge on any atom is 0.276 e. The molecule has 5 rings (SSSR count). The number of aromatic nitrogens is 5. The Kier molecular flexibility index (Phi) is 4.89. The Balaban J connectivity index is 1.43. The smallest absolute Gasteiger partial charge is 0.276 e. The van der Waals surface area contributed by atoms with Gasteiger partial charge in [0, 0.05) is 22.7 Å². The standard InChI is InChI=1S/C25H26N6O/c1-25(2,3)31-21(16-13-14-16)15-20(30-31)24(32)26-19-12-8-7-11-18(19)23-27-22(28-29-23)17-9-5-4-6-10-17/h4-12,15-16H,13-14H2,1-3H3,(H,26,32)(H,27,28,29). The molecule has 1 fully saturated rings. The minimum Gasteiger partial charge on any atom is -0.320 e. The van der Waals surface area contributed by atoms with E-state index in [0.29, 0.717) is 28.9 Å². The fraction of sp³-hybridized carbons (Fsp3) is 0.280. The van der Waals surface area contributed by atoms with Crippen LogP contribution in [-0.2, 0) is 5.54 Å². The van der Waals surface area contributed by atoms with E-state index in [1.165, 1.54) is 0 Å². The molecule has 0 spiro atoms. The summed E-state index contributed by atoms with van der Waals surface area (Å²) in [4.78, 5) is 17.8. The summed E-state index contributed by atoms with van der Waals surface area (Å²) in [5, 5.41) is 15.0. The minimum absolute atomic E-state index is 0.179. The number of aromatic amines is 1. The van der Waals surface area contributed by atoms with Gasteiger partial charge in [-0.1, -0.05) is 42.5 Å². The van der Waals surface area contributed by atoms with Gasteiger partial charge in [-0.05, 0) is 51.8 Å². The number of nitrogens with zero attached hydrogens (tertiary/aromatic N) is 4. The Morgan fingerprint density at radius 1 is 1.06 bits per heavy atom. The van der Waals surface area contributed by atoms with Crippen molar-refractivity contribution in [2.45, 2.75) is 45.1 Å². The Hall–Kier alpha value is -3.74. The van der Waals surface area contributed by atoms with Crippen molar-refractivity contribution < 1.29 is 4.79 Å². The predicted molar refractivity (Wildman–Crippen MR) is 124 cm³/mol. The highest BCUT2D eigenvalue weighted by Gasteiger charge is 2.32. The molecular formula is C25H26N6O. The van der Waals surface area contributed by atoms with Gasteiger partial charge >= 0.3 is 0 Å². The van der Waals surface area contributed by atoms with Crippen LogP contribution in [0.1, 0.15) is 55.7 Å². The predicted octanol–water partition coefficient (Wildman–Crippen LogP) is 5.22. The van der Waals surface area contributed by atoms with Gasteiger partial charge in [-0.25, -0.2) is 4.98 Å². The molecule has 1 aliphatic rings. The molecule has 1 aliphatic carbocycles. The molecule has 0 atom stereocenters. The van der Waals surface area contributed by atoms with Crippen molar-refractivity contribution in [3.05, 3.63) is 72.1 Å². The lowest BCUT2D eigenvalue weighted by Crippen LogP contribution is -2.25. The number of rotatable bonds is 5. The number of nitrogens with one attached hydrogen (secondary N) is 2. The molecule has 32 heavy (non-hydrogen) atoms. The summed E-state index contributed by atoms with van der Waals surface area (Å²) in [7, 11) is 0. The van der Waals surface area contributed by atoms with Crippen LogP contribution in [0.5, 0.6) is 0 Å². The Bertz CT molecular complexity index is 1260. The molecule has 7 heteroatoms. The lowest BCUT2D eigenvalue weighted by Gasteiger charge is -2.22. The number of hydrogen-bond acceptors (Lipinski definition) is 4. The van der Waals surface area contributed by atoms with Gasteiger partial charge in [0.1, 0.15) is 0 Å². The van der Waals surface area contributed by atoms with Crippen LogP contribution in [0.25, 0.3) is 22.8 Å². The first kappa shape index (κ1) is 20.2. The van der Waals surface area contributed by atoms with Gasteiger partial charge < -0.3 is 5.32 Å². The van der Waals surface area contributed by atoms with E-state index in [-0.39, 0.29) is 11.4 Å². The van der Waals surface area contributed by atoms with Crippen molar-refractivity contribution in [2.75, 3.05) is 5.32 Å². The van der Waals surface area contributed by atoms with Crippen molar-refractivity contribution in [2.24, 2.45) is 0 Å². The lowest BCUT2D eigenvalue weighted by molar-refractivity contribution is 0.102. The Morgan fingerprint density at radius 2 is 1.78 bits per heavy atom. The first-order valence-corrected chi connectivity index (χ1v) is 10.9. The SMILES string of the molecule is CC(C)(C)n1nc(C(=O)Nc2ccccc2-c2nc(-c3ccccc3)n[nH]2)cc1C1CC1. The zero-order valence-corrected chi connectivity index (χ0v) is 18.5. The monoisotopic (exact) mass is 426 g/mol. The van der Waals surface area contributed by atoms with Crippen LogP contribution in [0.3, 0.4) is 0 Å².